The molecule has 1 N–H and O–H groups in total. The second-order valence-electron chi connectivity index (χ2n) is 3.93. The summed E-state index contributed by atoms with van der Waals surface area (Å²) < 4.78 is 0. The van der Waals surface area contributed by atoms with Gasteiger partial charge in [0.15, 0.2) is 0 Å². The van der Waals surface area contributed by atoms with Crippen molar-refractivity contribution in [3.63, 3.8) is 0 Å². The lowest BCUT2D eigenvalue weighted by atomic mass is 10.0. The molecule has 0 aliphatic rings. The van der Waals surface area contributed by atoms with E-state index in [2.05, 4.69) is 18.5 Å². The summed E-state index contributed by atoms with van der Waals surface area (Å²) in [5.74, 6) is 1.19. The molecule has 4 heteroatoms. The highest BCUT2D eigenvalue weighted by molar-refractivity contribution is 7.98. The molecule has 0 heterocycles. The van der Waals surface area contributed by atoms with E-state index < -0.39 is 0 Å². The molecular formula is C13H19Cl2NS. The quantitative estimate of drug-likeness (QED) is 0.725. The summed E-state index contributed by atoms with van der Waals surface area (Å²) in [6, 6.07) is 6.04. The summed E-state index contributed by atoms with van der Waals surface area (Å²) in [6.45, 7) is 3.19. The van der Waals surface area contributed by atoms with Crippen LogP contribution >= 0.6 is 35.0 Å². The van der Waals surface area contributed by atoms with Gasteiger partial charge in [-0.05, 0) is 49.1 Å². The third-order valence-electron chi connectivity index (χ3n) is 2.66. The fourth-order valence-corrected chi connectivity index (χ4v) is 2.72. The van der Waals surface area contributed by atoms with Gasteiger partial charge < -0.3 is 5.32 Å². The van der Waals surface area contributed by atoms with Gasteiger partial charge in [0, 0.05) is 16.1 Å². The zero-order valence-electron chi connectivity index (χ0n) is 10.3. The van der Waals surface area contributed by atoms with Gasteiger partial charge in [0.25, 0.3) is 0 Å². The summed E-state index contributed by atoms with van der Waals surface area (Å²) in [4.78, 5) is 0. The van der Waals surface area contributed by atoms with Crippen LogP contribution in [-0.2, 0) is 0 Å². The summed E-state index contributed by atoms with van der Waals surface area (Å²) in [5, 5.41) is 4.98. The normalized spacial score (nSPS) is 12.7. The van der Waals surface area contributed by atoms with Crippen molar-refractivity contribution >= 4 is 35.0 Å². The fourth-order valence-electron chi connectivity index (χ4n) is 1.75. The molecule has 0 saturated carbocycles. The average molecular weight is 292 g/mol. The predicted molar refractivity (Wildman–Crippen MR) is 80.5 cm³/mol. The molecular weight excluding hydrogens is 273 g/mol. The maximum Gasteiger partial charge on any atom is 0.0468 e. The second kappa shape index (κ2) is 8.25. The Morgan fingerprint density at radius 3 is 2.71 bits per heavy atom. The average Bonchev–Trinajstić information content (AvgIpc) is 2.31. The van der Waals surface area contributed by atoms with Crippen molar-refractivity contribution in [2.75, 3.05) is 18.6 Å². The smallest absolute Gasteiger partial charge is 0.0468 e. The molecule has 0 spiro atoms. The monoisotopic (exact) mass is 291 g/mol. The van der Waals surface area contributed by atoms with Crippen molar-refractivity contribution in [2.45, 2.75) is 25.8 Å². The minimum Gasteiger partial charge on any atom is -0.310 e. The van der Waals surface area contributed by atoms with E-state index in [0.717, 1.165) is 23.6 Å². The van der Waals surface area contributed by atoms with Gasteiger partial charge in [-0.2, -0.15) is 11.8 Å². The maximum absolute atomic E-state index is 6.21. The van der Waals surface area contributed by atoms with E-state index in [1.165, 1.54) is 12.2 Å². The van der Waals surface area contributed by atoms with E-state index in [1.807, 2.05) is 30.0 Å². The van der Waals surface area contributed by atoms with Crippen molar-refractivity contribution in [3.8, 4) is 0 Å². The standard InChI is InChI=1S/C13H19Cl2NS/c1-3-13(16-7-4-8-17-2)11-6-5-10(14)9-12(11)15/h5-6,9,13,16H,3-4,7-8H2,1-2H3. The minimum absolute atomic E-state index is 0.321. The van der Waals surface area contributed by atoms with Crippen LogP contribution in [0.5, 0.6) is 0 Å². The highest BCUT2D eigenvalue weighted by Gasteiger charge is 2.12. The van der Waals surface area contributed by atoms with Crippen molar-refractivity contribution in [1.29, 1.82) is 0 Å². The Labute approximate surface area is 118 Å². The van der Waals surface area contributed by atoms with E-state index in [-0.39, 0.29) is 0 Å². The summed E-state index contributed by atoms with van der Waals surface area (Å²) in [5.41, 5.74) is 1.14. The van der Waals surface area contributed by atoms with Crippen LogP contribution in [0.25, 0.3) is 0 Å². The molecule has 0 aliphatic heterocycles. The Bertz CT molecular complexity index is 344. The Morgan fingerprint density at radius 2 is 2.12 bits per heavy atom. The van der Waals surface area contributed by atoms with Crippen LogP contribution in [0.4, 0.5) is 0 Å². The first-order valence-electron chi connectivity index (χ1n) is 5.86. The molecule has 0 aliphatic carbocycles. The minimum atomic E-state index is 0.321. The number of halogens is 2. The molecule has 0 amide bonds. The SMILES string of the molecule is CCC(NCCCSC)c1ccc(Cl)cc1Cl. The van der Waals surface area contributed by atoms with Gasteiger partial charge in [0.05, 0.1) is 0 Å². The number of benzene rings is 1. The van der Waals surface area contributed by atoms with Crippen LogP contribution in [0.1, 0.15) is 31.4 Å². The number of hydrogen-bond acceptors (Lipinski definition) is 2. The maximum atomic E-state index is 6.21. The number of thioether (sulfide) groups is 1. The van der Waals surface area contributed by atoms with Crippen LogP contribution in [0.3, 0.4) is 0 Å². The van der Waals surface area contributed by atoms with Gasteiger partial charge >= 0.3 is 0 Å². The Morgan fingerprint density at radius 1 is 1.35 bits per heavy atom. The Hall–Kier alpha value is 0.110. The molecule has 1 nitrogen and oxygen atoms in total. The largest absolute Gasteiger partial charge is 0.310 e. The third-order valence-corrected chi connectivity index (χ3v) is 3.92. The van der Waals surface area contributed by atoms with Gasteiger partial charge in [0.2, 0.25) is 0 Å². The van der Waals surface area contributed by atoms with Crippen molar-refractivity contribution in [1.82, 2.24) is 5.32 Å². The molecule has 96 valence electrons. The number of hydrogen-bond donors (Lipinski definition) is 1. The third kappa shape index (κ3) is 5.09. The summed E-state index contributed by atoms with van der Waals surface area (Å²) in [7, 11) is 0. The zero-order chi connectivity index (χ0) is 12.7. The lowest BCUT2D eigenvalue weighted by molar-refractivity contribution is 0.520. The molecule has 0 aromatic heterocycles. The molecule has 17 heavy (non-hydrogen) atoms. The first kappa shape index (κ1) is 15.2. The van der Waals surface area contributed by atoms with E-state index in [4.69, 9.17) is 23.2 Å². The van der Waals surface area contributed by atoms with Gasteiger partial charge in [-0.25, -0.2) is 0 Å². The Kier molecular flexibility index (Phi) is 7.36. The van der Waals surface area contributed by atoms with Crippen molar-refractivity contribution in [2.24, 2.45) is 0 Å². The van der Waals surface area contributed by atoms with E-state index in [1.54, 1.807) is 0 Å². The van der Waals surface area contributed by atoms with E-state index >= 15 is 0 Å². The highest BCUT2D eigenvalue weighted by atomic mass is 35.5. The molecule has 1 rings (SSSR count). The first-order valence-corrected chi connectivity index (χ1v) is 8.01. The Balaban J connectivity index is 2.59. The van der Waals surface area contributed by atoms with E-state index in [9.17, 15) is 0 Å². The number of nitrogens with one attached hydrogen (secondary N) is 1. The molecule has 1 aromatic carbocycles. The van der Waals surface area contributed by atoms with Gasteiger partial charge in [-0.15, -0.1) is 0 Å². The van der Waals surface area contributed by atoms with Gasteiger partial charge in [-0.1, -0.05) is 36.2 Å². The topological polar surface area (TPSA) is 12.0 Å². The van der Waals surface area contributed by atoms with Crippen LogP contribution in [-0.4, -0.2) is 18.6 Å². The fraction of sp³-hybridized carbons (Fsp3) is 0.538. The highest BCUT2D eigenvalue weighted by Crippen LogP contribution is 2.27. The molecule has 1 atom stereocenters. The lowest BCUT2D eigenvalue weighted by Gasteiger charge is -2.18. The van der Waals surface area contributed by atoms with E-state index in [0.29, 0.717) is 11.1 Å². The zero-order valence-corrected chi connectivity index (χ0v) is 12.6. The molecule has 0 bridgehead atoms. The first-order chi connectivity index (χ1) is 8.19. The van der Waals surface area contributed by atoms with Crippen LogP contribution in [0.2, 0.25) is 10.0 Å². The molecule has 0 saturated heterocycles. The van der Waals surface area contributed by atoms with Crippen LogP contribution < -0.4 is 5.32 Å². The van der Waals surface area contributed by atoms with Crippen LogP contribution in [0.15, 0.2) is 18.2 Å². The molecule has 0 fully saturated rings. The van der Waals surface area contributed by atoms with Crippen LogP contribution in [0, 0.1) is 0 Å². The van der Waals surface area contributed by atoms with Gasteiger partial charge in [-0.3, -0.25) is 0 Å². The molecule has 0 radical (unpaired) electrons. The summed E-state index contributed by atoms with van der Waals surface area (Å²) >= 11 is 14.0. The second-order valence-corrected chi connectivity index (χ2v) is 5.76. The molecule has 1 aromatic rings. The van der Waals surface area contributed by atoms with Gasteiger partial charge in [0.1, 0.15) is 0 Å². The number of rotatable bonds is 7. The molecule has 1 unspecified atom stereocenters. The van der Waals surface area contributed by atoms with Crippen molar-refractivity contribution < 1.29 is 0 Å². The van der Waals surface area contributed by atoms with Crippen molar-refractivity contribution in [3.05, 3.63) is 33.8 Å². The summed E-state index contributed by atoms with van der Waals surface area (Å²) in [6.07, 6.45) is 4.34. The lowest BCUT2D eigenvalue weighted by Crippen LogP contribution is -2.22. The predicted octanol–water partition coefficient (Wildman–Crippen LogP) is 4.79.